The molecule has 200 valence electrons. The van der Waals surface area contributed by atoms with Crippen LogP contribution < -0.4 is 0 Å². The van der Waals surface area contributed by atoms with Gasteiger partial charge in [0, 0.05) is 11.8 Å². The number of aliphatic hydroxyl groups is 2. The van der Waals surface area contributed by atoms with Crippen LogP contribution in [0.3, 0.4) is 0 Å². The lowest BCUT2D eigenvalue weighted by atomic mass is 9.54. The first kappa shape index (κ1) is 27.3. The molecule has 2 saturated carbocycles. The third kappa shape index (κ3) is 4.69. The van der Waals surface area contributed by atoms with E-state index in [1.165, 1.54) is 5.57 Å². The number of hydrogen-bond acceptors (Lipinski definition) is 5. The Morgan fingerprint density at radius 1 is 0.857 bits per heavy atom. The van der Waals surface area contributed by atoms with Crippen molar-refractivity contribution in [3.63, 3.8) is 0 Å². The minimum atomic E-state index is -0.791. The van der Waals surface area contributed by atoms with Crippen LogP contribution in [-0.4, -0.2) is 51.1 Å². The first-order chi connectivity index (χ1) is 16.0. The van der Waals surface area contributed by atoms with E-state index in [1.54, 1.807) is 0 Å². The molecule has 2 aliphatic heterocycles. The van der Waals surface area contributed by atoms with Gasteiger partial charge in [-0.2, -0.15) is 0 Å². The normalized spacial score (nSPS) is 47.9. The van der Waals surface area contributed by atoms with Gasteiger partial charge in [-0.25, -0.2) is 0 Å². The molecule has 3 unspecified atom stereocenters. The Morgan fingerprint density at radius 3 is 2.20 bits per heavy atom. The van der Waals surface area contributed by atoms with Crippen molar-refractivity contribution in [3.05, 3.63) is 12.2 Å². The molecule has 2 saturated heterocycles. The Kier molecular flexibility index (Phi) is 6.96. The highest BCUT2D eigenvalue weighted by Gasteiger charge is 2.57. The molecule has 5 nitrogen and oxygen atoms in total. The summed E-state index contributed by atoms with van der Waals surface area (Å²) >= 11 is 0. The average Bonchev–Trinajstić information content (AvgIpc) is 2.90. The predicted molar refractivity (Wildman–Crippen MR) is 138 cm³/mol. The fourth-order valence-electron chi connectivity index (χ4n) is 8.28. The van der Waals surface area contributed by atoms with Gasteiger partial charge in [0.1, 0.15) is 5.60 Å². The second kappa shape index (κ2) is 8.92. The molecule has 0 amide bonds. The number of carbonyl (C=O) groups is 1. The number of hydrogen-bond donors (Lipinski definition) is 2. The quantitative estimate of drug-likeness (QED) is 0.493. The summed E-state index contributed by atoms with van der Waals surface area (Å²) in [5.74, 6) is 0.493. The van der Waals surface area contributed by atoms with E-state index < -0.39 is 22.9 Å². The van der Waals surface area contributed by atoms with E-state index in [1.807, 2.05) is 34.6 Å². The summed E-state index contributed by atoms with van der Waals surface area (Å²) in [6.45, 7) is 18.9. The molecule has 4 aliphatic rings. The maximum absolute atomic E-state index is 12.8. The summed E-state index contributed by atoms with van der Waals surface area (Å²) in [5, 5.41) is 22.4. The van der Waals surface area contributed by atoms with Crippen LogP contribution in [0.1, 0.15) is 113 Å². The smallest absolute Gasteiger partial charge is 0.164 e. The third-order valence-corrected chi connectivity index (χ3v) is 10.9. The van der Waals surface area contributed by atoms with E-state index in [9.17, 15) is 15.0 Å². The number of ketones is 1. The molecule has 0 bridgehead atoms. The molecular formula is C30H50O5. The second-order valence-corrected chi connectivity index (χ2v) is 14.1. The first-order valence-electron chi connectivity index (χ1n) is 14.0. The minimum absolute atomic E-state index is 0.0239. The van der Waals surface area contributed by atoms with E-state index in [4.69, 9.17) is 9.47 Å². The number of fused-ring (bicyclic) bond motifs is 2. The molecule has 0 aromatic heterocycles. The SMILES string of the molecule is C=C1CC[C@@H]2OC(C)(C)[C@@H](O)CCC2(C)C1CC[C@@H]1[C@](C)(O)CCC2OC(C)(C)C(=O)CC[C@]21C. The molecule has 0 aromatic carbocycles. The largest absolute Gasteiger partial charge is 0.390 e. The van der Waals surface area contributed by atoms with Crippen LogP contribution in [0.25, 0.3) is 0 Å². The van der Waals surface area contributed by atoms with Gasteiger partial charge in [0.15, 0.2) is 5.78 Å². The van der Waals surface area contributed by atoms with Gasteiger partial charge >= 0.3 is 0 Å². The summed E-state index contributed by atoms with van der Waals surface area (Å²) in [7, 11) is 0. The van der Waals surface area contributed by atoms with Crippen LogP contribution in [0.4, 0.5) is 0 Å². The van der Waals surface area contributed by atoms with Crippen molar-refractivity contribution in [1.82, 2.24) is 0 Å². The van der Waals surface area contributed by atoms with Gasteiger partial charge < -0.3 is 19.7 Å². The molecule has 2 N–H and O–H groups in total. The molecule has 4 rings (SSSR count). The molecule has 5 heteroatoms. The predicted octanol–water partition coefficient (Wildman–Crippen LogP) is 5.75. The first-order valence-corrected chi connectivity index (χ1v) is 14.0. The van der Waals surface area contributed by atoms with Crippen LogP contribution >= 0.6 is 0 Å². The van der Waals surface area contributed by atoms with Crippen LogP contribution in [0, 0.1) is 22.7 Å². The van der Waals surface area contributed by atoms with E-state index in [0.717, 1.165) is 51.4 Å². The molecule has 8 atom stereocenters. The molecular weight excluding hydrogens is 440 g/mol. The van der Waals surface area contributed by atoms with E-state index >= 15 is 0 Å². The summed E-state index contributed by atoms with van der Waals surface area (Å²) in [4.78, 5) is 12.8. The van der Waals surface area contributed by atoms with E-state index in [-0.39, 0.29) is 40.7 Å². The number of carbonyl (C=O) groups excluding carboxylic acids is 1. The second-order valence-electron chi connectivity index (χ2n) is 14.1. The van der Waals surface area contributed by atoms with Crippen molar-refractivity contribution in [1.29, 1.82) is 0 Å². The summed E-state index contributed by atoms with van der Waals surface area (Å²) in [6.07, 6.45) is 7.70. The summed E-state index contributed by atoms with van der Waals surface area (Å²) < 4.78 is 13.1. The Morgan fingerprint density at radius 2 is 1.51 bits per heavy atom. The van der Waals surface area contributed by atoms with Crippen molar-refractivity contribution in [2.75, 3.05) is 0 Å². The van der Waals surface area contributed by atoms with Gasteiger partial charge in [-0.15, -0.1) is 0 Å². The molecule has 4 fully saturated rings. The molecule has 2 aliphatic carbocycles. The van der Waals surface area contributed by atoms with Gasteiger partial charge in [-0.05, 0) is 110 Å². The van der Waals surface area contributed by atoms with Gasteiger partial charge in [0.05, 0.1) is 29.5 Å². The van der Waals surface area contributed by atoms with E-state index in [2.05, 4.69) is 20.4 Å². The summed E-state index contributed by atoms with van der Waals surface area (Å²) in [6, 6.07) is 0. The fourth-order valence-corrected chi connectivity index (χ4v) is 8.28. The van der Waals surface area contributed by atoms with Gasteiger partial charge in [0.2, 0.25) is 0 Å². The maximum Gasteiger partial charge on any atom is 0.164 e. The average molecular weight is 491 g/mol. The van der Waals surface area contributed by atoms with Crippen molar-refractivity contribution in [3.8, 4) is 0 Å². The Hall–Kier alpha value is -0.750. The highest BCUT2D eigenvalue weighted by Crippen LogP contribution is 2.58. The third-order valence-electron chi connectivity index (χ3n) is 10.9. The standard InChI is InChI=1S/C30H50O5/c1-19-9-12-24-28(6,16-13-22(31)26(2,3)34-24)20(19)10-11-21-29(7)17-14-23(32)27(4,5)35-25(29)15-18-30(21,8)33/h20-22,24-25,31,33H,1,9-18H2,2-8H3/t20?,21-,22-,24-,25?,28?,29-,30+/m0/s1. The number of ether oxygens (including phenoxy) is 2. The van der Waals surface area contributed by atoms with Crippen molar-refractivity contribution in [2.45, 2.75) is 148 Å². The zero-order valence-corrected chi connectivity index (χ0v) is 23.3. The van der Waals surface area contributed by atoms with Gasteiger partial charge in [-0.1, -0.05) is 26.0 Å². The molecule has 0 radical (unpaired) electrons. The Bertz CT molecular complexity index is 844. The highest BCUT2D eigenvalue weighted by molar-refractivity contribution is 5.86. The molecule has 0 spiro atoms. The van der Waals surface area contributed by atoms with Crippen molar-refractivity contribution >= 4 is 5.78 Å². The number of aliphatic hydroxyl groups excluding tert-OH is 1. The maximum atomic E-state index is 12.8. The van der Waals surface area contributed by atoms with Gasteiger partial charge in [0.25, 0.3) is 0 Å². The lowest BCUT2D eigenvalue weighted by Crippen LogP contribution is -2.56. The van der Waals surface area contributed by atoms with Crippen LogP contribution in [0.15, 0.2) is 12.2 Å². The zero-order chi connectivity index (χ0) is 26.0. The van der Waals surface area contributed by atoms with Gasteiger partial charge in [-0.3, -0.25) is 4.79 Å². The van der Waals surface area contributed by atoms with Crippen molar-refractivity contribution < 1.29 is 24.5 Å². The zero-order valence-electron chi connectivity index (χ0n) is 23.3. The molecule has 35 heavy (non-hydrogen) atoms. The minimum Gasteiger partial charge on any atom is -0.390 e. The molecule has 0 aromatic rings. The van der Waals surface area contributed by atoms with E-state index in [0.29, 0.717) is 12.8 Å². The van der Waals surface area contributed by atoms with Crippen LogP contribution in [-0.2, 0) is 14.3 Å². The monoisotopic (exact) mass is 490 g/mol. The summed E-state index contributed by atoms with van der Waals surface area (Å²) in [5.41, 5.74) is -1.15. The Balaban J connectivity index is 1.60. The Labute approximate surface area is 213 Å². The lowest BCUT2D eigenvalue weighted by Gasteiger charge is -2.55. The topological polar surface area (TPSA) is 76.0 Å². The highest BCUT2D eigenvalue weighted by atomic mass is 16.5. The van der Waals surface area contributed by atoms with Crippen LogP contribution in [0.5, 0.6) is 0 Å². The van der Waals surface area contributed by atoms with Crippen LogP contribution in [0.2, 0.25) is 0 Å². The molecule has 2 heterocycles. The fraction of sp³-hybridized carbons (Fsp3) is 0.900. The number of Topliss-reactive ketones (excluding diaryl/α,β-unsaturated/α-hetero) is 1. The number of rotatable bonds is 3. The van der Waals surface area contributed by atoms with Crippen molar-refractivity contribution in [2.24, 2.45) is 22.7 Å². The number of allylic oxidation sites excluding steroid dienone is 1. The lowest BCUT2D eigenvalue weighted by molar-refractivity contribution is -0.197.